The second kappa shape index (κ2) is 11.3. The van der Waals surface area contributed by atoms with Gasteiger partial charge >= 0.3 is 0 Å². The summed E-state index contributed by atoms with van der Waals surface area (Å²) in [5, 5.41) is 12.0. The molecule has 1 aromatic heterocycles. The Labute approximate surface area is 245 Å². The molecule has 0 spiro atoms. The van der Waals surface area contributed by atoms with Crippen molar-refractivity contribution in [2.45, 2.75) is 52.5 Å². The van der Waals surface area contributed by atoms with Gasteiger partial charge in [0.25, 0.3) is 5.91 Å². The van der Waals surface area contributed by atoms with Crippen molar-refractivity contribution >= 4 is 28.7 Å². The van der Waals surface area contributed by atoms with E-state index in [0.717, 1.165) is 23.1 Å². The predicted octanol–water partition coefficient (Wildman–Crippen LogP) is 7.99. The number of carbonyl (C=O) groups excluding carboxylic acids is 2. The van der Waals surface area contributed by atoms with Crippen molar-refractivity contribution in [3.8, 4) is 16.3 Å². The molecule has 1 unspecified atom stereocenters. The summed E-state index contributed by atoms with van der Waals surface area (Å²) in [6.07, 6.45) is 0.793. The van der Waals surface area contributed by atoms with Crippen molar-refractivity contribution in [3.05, 3.63) is 112 Å². The lowest BCUT2D eigenvalue weighted by Gasteiger charge is -2.29. The zero-order chi connectivity index (χ0) is 29.3. The van der Waals surface area contributed by atoms with Gasteiger partial charge in [0.2, 0.25) is 5.78 Å². The van der Waals surface area contributed by atoms with Crippen molar-refractivity contribution in [3.63, 3.8) is 0 Å². The van der Waals surface area contributed by atoms with Gasteiger partial charge in [0, 0.05) is 5.56 Å². The molecule has 7 heteroatoms. The van der Waals surface area contributed by atoms with Gasteiger partial charge in [-0.1, -0.05) is 94.4 Å². The van der Waals surface area contributed by atoms with Gasteiger partial charge in [-0.15, -0.1) is 11.3 Å². The Morgan fingerprint density at radius 1 is 1.00 bits per heavy atom. The molecule has 0 fully saturated rings. The number of benzene rings is 3. The number of ether oxygens (including phenoxy) is 1. The van der Waals surface area contributed by atoms with Gasteiger partial charge in [0.05, 0.1) is 34.5 Å². The molecule has 210 valence electrons. The highest BCUT2D eigenvalue weighted by Gasteiger charge is 2.46. The van der Waals surface area contributed by atoms with E-state index < -0.39 is 23.5 Å². The van der Waals surface area contributed by atoms with Crippen LogP contribution < -0.4 is 9.64 Å². The molecular weight excluding hydrogens is 532 g/mol. The Hall–Kier alpha value is -4.23. The van der Waals surface area contributed by atoms with Crippen LogP contribution in [-0.4, -0.2) is 28.4 Å². The summed E-state index contributed by atoms with van der Waals surface area (Å²) >= 11 is 1.26. The molecule has 0 saturated carbocycles. The molecule has 6 nitrogen and oxygen atoms in total. The quantitative estimate of drug-likeness (QED) is 0.219. The van der Waals surface area contributed by atoms with E-state index in [2.05, 4.69) is 25.8 Å². The number of thiazole rings is 1. The summed E-state index contributed by atoms with van der Waals surface area (Å²) in [7, 11) is 0. The maximum absolute atomic E-state index is 14.3. The number of anilines is 1. The SMILES string of the molecule is CCCOc1ccccc1N1C(=O)C(O)=C(C(=O)c2sc(-c3ccccc3)nc2C)C1c1ccc(C(C)(C)C)cc1. The number of aryl methyl sites for hydroxylation is 1. The number of para-hydroxylation sites is 2. The number of rotatable bonds is 8. The van der Waals surface area contributed by atoms with Crippen molar-refractivity contribution in [1.29, 1.82) is 0 Å². The Morgan fingerprint density at radius 2 is 1.66 bits per heavy atom. The average molecular weight is 567 g/mol. The monoisotopic (exact) mass is 566 g/mol. The number of amides is 1. The highest BCUT2D eigenvalue weighted by Crippen LogP contribution is 2.46. The minimum Gasteiger partial charge on any atom is -0.503 e. The third-order valence-electron chi connectivity index (χ3n) is 7.16. The molecule has 1 atom stereocenters. The van der Waals surface area contributed by atoms with Crippen LogP contribution in [0.1, 0.15) is 66.7 Å². The Bertz CT molecular complexity index is 1610. The molecule has 1 N–H and O–H groups in total. The fourth-order valence-corrected chi connectivity index (χ4v) is 6.02. The second-order valence-corrected chi connectivity index (χ2v) is 12.2. The number of hydrogen-bond acceptors (Lipinski definition) is 6. The van der Waals surface area contributed by atoms with E-state index in [1.165, 1.54) is 16.2 Å². The van der Waals surface area contributed by atoms with Crippen LogP contribution in [0.2, 0.25) is 0 Å². The van der Waals surface area contributed by atoms with Crippen molar-refractivity contribution in [1.82, 2.24) is 4.98 Å². The summed E-state index contributed by atoms with van der Waals surface area (Å²) in [5.41, 5.74) is 3.75. The standard InChI is InChI=1S/C34H34N2O4S/c1-6-20-40-26-15-11-10-14-25(26)36-28(22-16-18-24(19-17-22)34(3,4)5)27(30(38)33(36)39)29(37)31-21(2)35-32(41-31)23-12-8-7-9-13-23/h7-19,28,38H,6,20H2,1-5H3. The van der Waals surface area contributed by atoms with Gasteiger partial charge < -0.3 is 9.84 Å². The molecule has 41 heavy (non-hydrogen) atoms. The van der Waals surface area contributed by atoms with Gasteiger partial charge in [0.15, 0.2) is 5.76 Å². The maximum Gasteiger partial charge on any atom is 0.294 e. The summed E-state index contributed by atoms with van der Waals surface area (Å²) in [4.78, 5) is 34.6. The van der Waals surface area contributed by atoms with Crippen LogP contribution in [0.3, 0.4) is 0 Å². The first-order valence-corrected chi connectivity index (χ1v) is 14.6. The predicted molar refractivity (Wildman–Crippen MR) is 164 cm³/mol. The van der Waals surface area contributed by atoms with E-state index in [1.807, 2.05) is 73.7 Å². The molecule has 2 heterocycles. The van der Waals surface area contributed by atoms with Crippen LogP contribution in [-0.2, 0) is 10.2 Å². The normalized spacial score (nSPS) is 15.5. The van der Waals surface area contributed by atoms with Crippen LogP contribution in [0.5, 0.6) is 5.75 Å². The molecule has 0 saturated heterocycles. The minimum absolute atomic E-state index is 0.0372. The molecule has 4 aromatic rings. The number of aliphatic hydroxyl groups excluding tert-OH is 1. The highest BCUT2D eigenvalue weighted by molar-refractivity contribution is 7.17. The molecule has 1 aliphatic rings. The molecule has 3 aromatic carbocycles. The van der Waals surface area contributed by atoms with Crippen molar-refractivity contribution in [2.24, 2.45) is 0 Å². The van der Waals surface area contributed by atoms with Crippen LogP contribution >= 0.6 is 11.3 Å². The first-order valence-electron chi connectivity index (χ1n) is 13.8. The lowest BCUT2D eigenvalue weighted by Crippen LogP contribution is -2.31. The van der Waals surface area contributed by atoms with Crippen LogP contribution in [0.4, 0.5) is 5.69 Å². The molecule has 1 amide bonds. The third-order valence-corrected chi connectivity index (χ3v) is 8.36. The van der Waals surface area contributed by atoms with Gasteiger partial charge in [-0.25, -0.2) is 4.98 Å². The summed E-state index contributed by atoms with van der Waals surface area (Å²) in [5.74, 6) is -1.09. The fraction of sp³-hybridized carbons (Fsp3) is 0.265. The number of nitrogens with zero attached hydrogens (tertiary/aromatic N) is 2. The topological polar surface area (TPSA) is 79.7 Å². The molecule has 0 bridgehead atoms. The third kappa shape index (κ3) is 5.42. The van der Waals surface area contributed by atoms with Gasteiger partial charge in [-0.05, 0) is 42.0 Å². The van der Waals surface area contributed by atoms with E-state index in [9.17, 15) is 14.7 Å². The van der Waals surface area contributed by atoms with E-state index in [1.54, 1.807) is 19.1 Å². The number of hydrogen-bond donors (Lipinski definition) is 1. The Morgan fingerprint density at radius 3 is 2.32 bits per heavy atom. The van der Waals surface area contributed by atoms with E-state index in [4.69, 9.17) is 4.74 Å². The zero-order valence-electron chi connectivity index (χ0n) is 24.0. The summed E-state index contributed by atoms with van der Waals surface area (Å²) in [6, 6.07) is 23.9. The highest BCUT2D eigenvalue weighted by atomic mass is 32.1. The lowest BCUT2D eigenvalue weighted by atomic mass is 9.85. The molecule has 1 aliphatic heterocycles. The average Bonchev–Trinajstić information content (AvgIpc) is 3.48. The van der Waals surface area contributed by atoms with Crippen LogP contribution in [0, 0.1) is 6.92 Å². The fourth-order valence-electron chi connectivity index (χ4n) is 4.99. The summed E-state index contributed by atoms with van der Waals surface area (Å²) in [6.45, 7) is 10.7. The largest absolute Gasteiger partial charge is 0.503 e. The molecule has 0 radical (unpaired) electrons. The number of aliphatic hydroxyl groups is 1. The van der Waals surface area contributed by atoms with E-state index >= 15 is 0 Å². The van der Waals surface area contributed by atoms with Gasteiger partial charge in [0.1, 0.15) is 10.8 Å². The maximum atomic E-state index is 14.3. The van der Waals surface area contributed by atoms with E-state index in [0.29, 0.717) is 33.6 Å². The number of ketones is 1. The molecule has 0 aliphatic carbocycles. The smallest absolute Gasteiger partial charge is 0.294 e. The van der Waals surface area contributed by atoms with Crippen molar-refractivity contribution < 1.29 is 19.4 Å². The minimum atomic E-state index is -0.850. The lowest BCUT2D eigenvalue weighted by molar-refractivity contribution is -0.117. The number of Topliss-reactive ketones (excluding diaryl/α,β-unsaturated/α-hetero) is 1. The van der Waals surface area contributed by atoms with Gasteiger partial charge in [-0.2, -0.15) is 0 Å². The Balaban J connectivity index is 1.64. The van der Waals surface area contributed by atoms with Crippen LogP contribution in [0.15, 0.2) is 90.2 Å². The second-order valence-electron chi connectivity index (χ2n) is 11.2. The van der Waals surface area contributed by atoms with E-state index in [-0.39, 0.29) is 11.0 Å². The molecule has 5 rings (SSSR count). The zero-order valence-corrected chi connectivity index (χ0v) is 24.8. The summed E-state index contributed by atoms with van der Waals surface area (Å²) < 4.78 is 6.00. The first kappa shape index (κ1) is 28.3. The number of aromatic nitrogens is 1. The number of carbonyl (C=O) groups is 2. The molecular formula is C34H34N2O4S. The van der Waals surface area contributed by atoms with Crippen LogP contribution in [0.25, 0.3) is 10.6 Å². The van der Waals surface area contributed by atoms with Crippen molar-refractivity contribution in [2.75, 3.05) is 11.5 Å². The first-order chi connectivity index (χ1) is 19.6. The Kier molecular flexibility index (Phi) is 7.82. The van der Waals surface area contributed by atoms with Gasteiger partial charge in [-0.3, -0.25) is 14.5 Å².